The topological polar surface area (TPSA) is 91.9 Å². The van der Waals surface area contributed by atoms with Crippen LogP contribution in [0.3, 0.4) is 0 Å². The Morgan fingerprint density at radius 1 is 1.39 bits per heavy atom. The minimum atomic E-state index is -0.246. The van der Waals surface area contributed by atoms with E-state index in [0.29, 0.717) is 22.5 Å². The monoisotopic (exact) mass is 240 g/mol. The lowest BCUT2D eigenvalue weighted by atomic mass is 10.1. The van der Waals surface area contributed by atoms with E-state index in [2.05, 4.69) is 10.3 Å². The van der Waals surface area contributed by atoms with Crippen LogP contribution in [0.2, 0.25) is 0 Å². The fraction of sp³-hybridized carbons (Fsp3) is 0. The highest BCUT2D eigenvalue weighted by Crippen LogP contribution is 2.16. The van der Waals surface area contributed by atoms with Gasteiger partial charge in [-0.3, -0.25) is 9.78 Å². The maximum Gasteiger partial charge on any atom is 0.257 e. The number of nitrogens with zero attached hydrogens (tertiary/aromatic N) is 1. The van der Waals surface area contributed by atoms with E-state index in [4.69, 9.17) is 11.1 Å². The first-order chi connectivity index (χ1) is 8.70. The molecule has 0 spiro atoms. The lowest BCUT2D eigenvalue weighted by molar-refractivity contribution is 0.102. The number of benzene rings is 1. The molecular formula is C13H12N4O. The molecule has 90 valence electrons. The molecule has 0 aliphatic rings. The molecule has 5 nitrogen and oxygen atoms in total. The Balaban J connectivity index is 2.20. The summed E-state index contributed by atoms with van der Waals surface area (Å²) in [4.78, 5) is 15.7. The molecule has 0 aliphatic heterocycles. The van der Waals surface area contributed by atoms with Crippen LogP contribution in [0, 0.1) is 5.41 Å². The third-order valence-corrected chi connectivity index (χ3v) is 2.42. The van der Waals surface area contributed by atoms with Gasteiger partial charge in [-0.2, -0.15) is 0 Å². The van der Waals surface area contributed by atoms with E-state index in [-0.39, 0.29) is 5.91 Å². The van der Waals surface area contributed by atoms with E-state index in [0.717, 1.165) is 6.21 Å². The third kappa shape index (κ3) is 2.52. The standard InChI is InChI=1S/C13H12N4O/c14-7-10-6-11(3-4-12(10)15)17-13(18)9-2-1-5-16-8-9/h1-8,14H,15H2,(H,17,18). The summed E-state index contributed by atoms with van der Waals surface area (Å²) in [5, 5.41) is 9.92. The minimum absolute atomic E-state index is 0.246. The number of nitrogen functional groups attached to an aromatic ring is 1. The van der Waals surface area contributed by atoms with Crippen LogP contribution in [0.5, 0.6) is 0 Å². The maximum atomic E-state index is 11.9. The molecule has 18 heavy (non-hydrogen) atoms. The van der Waals surface area contributed by atoms with Crippen molar-refractivity contribution in [3.63, 3.8) is 0 Å². The molecule has 1 heterocycles. The van der Waals surface area contributed by atoms with Crippen molar-refractivity contribution in [3.8, 4) is 0 Å². The van der Waals surface area contributed by atoms with Crippen molar-refractivity contribution in [3.05, 3.63) is 53.9 Å². The van der Waals surface area contributed by atoms with Crippen LogP contribution in [0.15, 0.2) is 42.7 Å². The van der Waals surface area contributed by atoms with Crippen LogP contribution in [0.1, 0.15) is 15.9 Å². The summed E-state index contributed by atoms with van der Waals surface area (Å²) in [6, 6.07) is 8.37. The van der Waals surface area contributed by atoms with Gasteiger partial charge >= 0.3 is 0 Å². The molecule has 0 saturated heterocycles. The van der Waals surface area contributed by atoms with Crippen LogP contribution in [-0.2, 0) is 0 Å². The Kier molecular flexibility index (Phi) is 3.33. The van der Waals surface area contributed by atoms with Gasteiger partial charge in [0.25, 0.3) is 5.91 Å². The van der Waals surface area contributed by atoms with Crippen LogP contribution in [0.25, 0.3) is 0 Å². The highest BCUT2D eigenvalue weighted by molar-refractivity contribution is 6.04. The van der Waals surface area contributed by atoms with E-state index < -0.39 is 0 Å². The van der Waals surface area contributed by atoms with Crippen molar-refractivity contribution >= 4 is 23.5 Å². The van der Waals surface area contributed by atoms with Crippen LogP contribution in [-0.4, -0.2) is 17.1 Å². The normalized spacial score (nSPS) is 9.78. The number of rotatable bonds is 3. The zero-order chi connectivity index (χ0) is 13.0. The van der Waals surface area contributed by atoms with Crippen molar-refractivity contribution in [2.24, 2.45) is 0 Å². The number of nitrogens with two attached hydrogens (primary N) is 1. The second-order valence-electron chi connectivity index (χ2n) is 3.68. The first-order valence-electron chi connectivity index (χ1n) is 5.32. The fourth-order valence-electron chi connectivity index (χ4n) is 1.48. The first kappa shape index (κ1) is 11.8. The van der Waals surface area contributed by atoms with E-state index in [1.54, 1.807) is 36.5 Å². The molecule has 1 amide bonds. The summed E-state index contributed by atoms with van der Waals surface area (Å²) in [5.41, 5.74) is 7.81. The molecule has 2 rings (SSSR count). The van der Waals surface area contributed by atoms with Gasteiger partial charge in [0.1, 0.15) is 0 Å². The van der Waals surface area contributed by atoms with Gasteiger partial charge in [-0.25, -0.2) is 0 Å². The highest BCUT2D eigenvalue weighted by Gasteiger charge is 2.06. The number of carbonyl (C=O) groups excluding carboxylic acids is 1. The molecule has 0 saturated carbocycles. The zero-order valence-corrected chi connectivity index (χ0v) is 9.55. The molecule has 0 aliphatic carbocycles. The Morgan fingerprint density at radius 3 is 2.89 bits per heavy atom. The Bertz CT molecular complexity index is 581. The molecule has 0 fully saturated rings. The molecule has 0 radical (unpaired) electrons. The van der Waals surface area contributed by atoms with Crippen LogP contribution in [0.4, 0.5) is 11.4 Å². The smallest absolute Gasteiger partial charge is 0.257 e. The van der Waals surface area contributed by atoms with Crippen molar-refractivity contribution < 1.29 is 4.79 Å². The predicted octanol–water partition coefficient (Wildman–Crippen LogP) is 1.91. The van der Waals surface area contributed by atoms with Gasteiger partial charge in [-0.1, -0.05) is 0 Å². The molecule has 1 aromatic carbocycles. The number of pyridine rings is 1. The number of anilines is 2. The molecular weight excluding hydrogens is 228 g/mol. The Labute approximate surface area is 104 Å². The number of aromatic nitrogens is 1. The summed E-state index contributed by atoms with van der Waals surface area (Å²) in [7, 11) is 0. The average Bonchev–Trinajstić information content (AvgIpc) is 2.42. The maximum absolute atomic E-state index is 11.9. The predicted molar refractivity (Wildman–Crippen MR) is 70.9 cm³/mol. The molecule has 0 atom stereocenters. The van der Waals surface area contributed by atoms with Gasteiger partial charge in [0.2, 0.25) is 0 Å². The van der Waals surface area contributed by atoms with Crippen LogP contribution >= 0.6 is 0 Å². The summed E-state index contributed by atoms with van der Waals surface area (Å²) >= 11 is 0. The molecule has 2 aromatic rings. The largest absolute Gasteiger partial charge is 0.398 e. The SMILES string of the molecule is N=Cc1cc(NC(=O)c2cccnc2)ccc1N. The van der Waals surface area contributed by atoms with Gasteiger partial charge in [-0.15, -0.1) is 0 Å². The van der Waals surface area contributed by atoms with E-state index in [1.165, 1.54) is 6.20 Å². The Morgan fingerprint density at radius 2 is 2.22 bits per heavy atom. The number of nitrogens with one attached hydrogen (secondary N) is 2. The van der Waals surface area contributed by atoms with Crippen molar-refractivity contribution in [1.29, 1.82) is 5.41 Å². The van der Waals surface area contributed by atoms with E-state index in [9.17, 15) is 4.79 Å². The zero-order valence-electron chi connectivity index (χ0n) is 9.55. The van der Waals surface area contributed by atoms with E-state index in [1.807, 2.05) is 0 Å². The van der Waals surface area contributed by atoms with E-state index >= 15 is 0 Å². The molecule has 0 unspecified atom stereocenters. The van der Waals surface area contributed by atoms with Gasteiger partial charge in [0.15, 0.2) is 0 Å². The first-order valence-corrected chi connectivity index (χ1v) is 5.32. The molecule has 5 heteroatoms. The van der Waals surface area contributed by atoms with Crippen molar-refractivity contribution in [1.82, 2.24) is 4.98 Å². The van der Waals surface area contributed by atoms with Gasteiger partial charge < -0.3 is 16.5 Å². The second kappa shape index (κ2) is 5.09. The number of carbonyl (C=O) groups is 1. The van der Waals surface area contributed by atoms with Crippen molar-refractivity contribution in [2.45, 2.75) is 0 Å². The minimum Gasteiger partial charge on any atom is -0.398 e. The number of amides is 1. The van der Waals surface area contributed by atoms with Gasteiger partial charge in [0, 0.05) is 35.5 Å². The van der Waals surface area contributed by atoms with Crippen molar-refractivity contribution in [2.75, 3.05) is 11.1 Å². The number of hydrogen-bond donors (Lipinski definition) is 3. The Hall–Kier alpha value is -2.69. The summed E-state index contributed by atoms with van der Waals surface area (Å²) in [6.45, 7) is 0. The highest BCUT2D eigenvalue weighted by atomic mass is 16.1. The average molecular weight is 240 g/mol. The summed E-state index contributed by atoms with van der Waals surface area (Å²) in [5.74, 6) is -0.246. The lowest BCUT2D eigenvalue weighted by Gasteiger charge is -2.07. The molecule has 0 bridgehead atoms. The quantitative estimate of drug-likeness (QED) is 0.565. The lowest BCUT2D eigenvalue weighted by Crippen LogP contribution is -2.12. The van der Waals surface area contributed by atoms with Gasteiger partial charge in [0.05, 0.1) is 5.56 Å². The molecule has 4 N–H and O–H groups in total. The summed E-state index contributed by atoms with van der Waals surface area (Å²) < 4.78 is 0. The fourth-order valence-corrected chi connectivity index (χ4v) is 1.48. The van der Waals surface area contributed by atoms with Gasteiger partial charge in [-0.05, 0) is 30.3 Å². The molecule has 1 aromatic heterocycles. The summed E-state index contributed by atoms with van der Waals surface area (Å²) in [6.07, 6.45) is 4.24. The third-order valence-electron chi connectivity index (χ3n) is 2.42. The number of hydrogen-bond acceptors (Lipinski definition) is 4. The van der Waals surface area contributed by atoms with Crippen LogP contribution < -0.4 is 11.1 Å². The second-order valence-corrected chi connectivity index (χ2v) is 3.68.